The van der Waals surface area contributed by atoms with Gasteiger partial charge in [-0.25, -0.2) is 19.0 Å². The van der Waals surface area contributed by atoms with Gasteiger partial charge < -0.3 is 26.3 Å². The first-order chi connectivity index (χ1) is 23.8. The Labute approximate surface area is 287 Å². The summed E-state index contributed by atoms with van der Waals surface area (Å²) < 4.78 is 17.1. The second kappa shape index (κ2) is 13.5. The molecule has 258 valence electrons. The van der Waals surface area contributed by atoms with Crippen molar-refractivity contribution in [3.63, 3.8) is 0 Å². The summed E-state index contributed by atoms with van der Waals surface area (Å²) in [5, 5.41) is 8.30. The smallest absolute Gasteiger partial charge is 0.266 e. The van der Waals surface area contributed by atoms with Crippen LogP contribution in [0.3, 0.4) is 0 Å². The second-order valence-corrected chi connectivity index (χ2v) is 13.0. The van der Waals surface area contributed by atoms with Gasteiger partial charge in [-0.3, -0.25) is 19.2 Å². The number of hydrogen-bond donors (Lipinski definition) is 3. The highest BCUT2D eigenvalue weighted by molar-refractivity contribution is 6.07. The molecule has 50 heavy (non-hydrogen) atoms. The van der Waals surface area contributed by atoms with Gasteiger partial charge in [-0.1, -0.05) is 38.1 Å². The number of benzene rings is 2. The van der Waals surface area contributed by atoms with E-state index in [0.717, 1.165) is 12.1 Å². The molecule has 0 unspecified atom stereocenters. The Morgan fingerprint density at radius 2 is 1.58 bits per heavy atom. The van der Waals surface area contributed by atoms with Gasteiger partial charge in [0.05, 0.1) is 17.0 Å². The quantitative estimate of drug-likeness (QED) is 0.209. The Morgan fingerprint density at radius 1 is 0.940 bits per heavy atom. The van der Waals surface area contributed by atoms with Crippen LogP contribution in [0.25, 0.3) is 33.4 Å². The van der Waals surface area contributed by atoms with Gasteiger partial charge in [0.25, 0.3) is 11.8 Å². The monoisotopic (exact) mass is 679 g/mol. The van der Waals surface area contributed by atoms with Crippen LogP contribution in [0.1, 0.15) is 73.5 Å². The second-order valence-electron chi connectivity index (χ2n) is 13.0. The van der Waals surface area contributed by atoms with Gasteiger partial charge in [0, 0.05) is 42.5 Å². The fourth-order valence-electron chi connectivity index (χ4n) is 6.40. The number of amides is 3. The number of fused-ring (bicyclic) bond motifs is 1. The normalized spacial score (nSPS) is 13.7. The summed E-state index contributed by atoms with van der Waals surface area (Å²) in [6, 6.07) is 11.6. The minimum Gasteiger partial charge on any atom is -0.383 e. The number of aromatic nitrogens is 5. The molecule has 4 heterocycles. The minimum atomic E-state index is -0.856. The van der Waals surface area contributed by atoms with Crippen molar-refractivity contribution in [2.75, 3.05) is 24.1 Å². The molecule has 0 bridgehead atoms. The molecule has 5 aromatic rings. The summed E-state index contributed by atoms with van der Waals surface area (Å²) in [6.45, 7) is 8.60. The zero-order valence-corrected chi connectivity index (χ0v) is 28.2. The van der Waals surface area contributed by atoms with Crippen LogP contribution in [-0.2, 0) is 4.79 Å². The third kappa shape index (κ3) is 6.31. The molecule has 13 nitrogen and oxygen atoms in total. The van der Waals surface area contributed by atoms with E-state index < -0.39 is 23.1 Å². The van der Waals surface area contributed by atoms with E-state index in [0.29, 0.717) is 53.9 Å². The Balaban J connectivity index is 1.31. The summed E-state index contributed by atoms with van der Waals surface area (Å²) in [5.74, 6) is -1.74. The molecule has 1 aliphatic heterocycles. The molecule has 0 spiro atoms. The SMILES string of the molecule is CC(C)C(=O)N1CCC(n2nc(-c3ccc(NC(=O)c4cn(C(C)C)c(C(N)=O)c(-c5ccc(F)cc5)c4=O)cc3)c3c(N)ncnc32)CC1. The van der Waals surface area contributed by atoms with Crippen molar-refractivity contribution < 1.29 is 18.8 Å². The maximum absolute atomic E-state index is 13.8. The number of pyridine rings is 1. The van der Waals surface area contributed by atoms with E-state index in [1.807, 2.05) is 23.4 Å². The van der Waals surface area contributed by atoms with Crippen LogP contribution >= 0.6 is 0 Å². The molecule has 5 N–H and O–H groups in total. The highest BCUT2D eigenvalue weighted by atomic mass is 19.1. The number of primary amides is 1. The molecule has 1 aliphatic rings. The number of carbonyl (C=O) groups is 3. The molecule has 0 atom stereocenters. The number of nitrogens with one attached hydrogen (secondary N) is 1. The molecule has 0 aliphatic carbocycles. The molecule has 14 heteroatoms. The number of piperidine rings is 1. The molecule has 6 rings (SSSR count). The van der Waals surface area contributed by atoms with Crippen LogP contribution < -0.4 is 22.2 Å². The summed E-state index contributed by atoms with van der Waals surface area (Å²) in [7, 11) is 0. The molecule has 3 aromatic heterocycles. The number of halogens is 1. The van der Waals surface area contributed by atoms with Crippen molar-refractivity contribution in [3.8, 4) is 22.4 Å². The maximum atomic E-state index is 13.8. The molecular formula is C36H38FN9O4. The zero-order valence-electron chi connectivity index (χ0n) is 28.2. The van der Waals surface area contributed by atoms with Crippen LogP contribution in [0.2, 0.25) is 0 Å². The number of nitrogen functional groups attached to an aromatic ring is 1. The number of carbonyl (C=O) groups excluding carboxylic acids is 3. The van der Waals surface area contributed by atoms with E-state index in [1.165, 1.54) is 29.2 Å². The van der Waals surface area contributed by atoms with E-state index in [4.69, 9.17) is 16.6 Å². The van der Waals surface area contributed by atoms with Gasteiger partial charge in [-0.05, 0) is 56.5 Å². The van der Waals surface area contributed by atoms with E-state index >= 15 is 0 Å². The van der Waals surface area contributed by atoms with Crippen LogP contribution in [0, 0.1) is 11.7 Å². The van der Waals surface area contributed by atoms with E-state index in [2.05, 4.69) is 15.3 Å². The number of nitrogens with zero attached hydrogens (tertiary/aromatic N) is 6. The molecule has 2 aromatic carbocycles. The lowest BCUT2D eigenvalue weighted by molar-refractivity contribution is -0.135. The third-order valence-corrected chi connectivity index (χ3v) is 8.95. The lowest BCUT2D eigenvalue weighted by Crippen LogP contribution is -2.41. The van der Waals surface area contributed by atoms with E-state index in [-0.39, 0.29) is 52.1 Å². The third-order valence-electron chi connectivity index (χ3n) is 8.95. The van der Waals surface area contributed by atoms with Crippen molar-refractivity contribution in [1.82, 2.24) is 29.2 Å². The fourth-order valence-corrected chi connectivity index (χ4v) is 6.40. The Morgan fingerprint density at radius 3 is 2.18 bits per heavy atom. The van der Waals surface area contributed by atoms with Gasteiger partial charge >= 0.3 is 0 Å². The highest BCUT2D eigenvalue weighted by Gasteiger charge is 2.29. The standard InChI is InChI=1S/C36H38FN9O4/c1-19(2)36(50)44-15-13-25(14-16-44)46-34-28(32(38)40-18-41-34)29(43-46)22-7-11-24(12-8-22)42-35(49)26-17-45(20(3)4)30(33(39)48)27(31(26)47)21-5-9-23(37)10-6-21/h5-12,17-20,25H,13-16H2,1-4H3,(H2,39,48)(H,42,49)(H2,38,40,41). The minimum absolute atomic E-state index is 0.00552. The van der Waals surface area contributed by atoms with Gasteiger partial charge in [0.1, 0.15) is 34.9 Å². The maximum Gasteiger partial charge on any atom is 0.266 e. The summed E-state index contributed by atoms with van der Waals surface area (Å²) >= 11 is 0. The summed E-state index contributed by atoms with van der Waals surface area (Å²) in [4.78, 5) is 63.1. The van der Waals surface area contributed by atoms with Gasteiger partial charge in [-0.15, -0.1) is 0 Å². The predicted octanol–water partition coefficient (Wildman–Crippen LogP) is 4.79. The highest BCUT2D eigenvalue weighted by Crippen LogP contribution is 2.35. The molecular weight excluding hydrogens is 641 g/mol. The molecule has 3 amide bonds. The average Bonchev–Trinajstić information content (AvgIpc) is 3.49. The summed E-state index contributed by atoms with van der Waals surface area (Å²) in [6.07, 6.45) is 4.14. The van der Waals surface area contributed by atoms with Crippen LogP contribution in [0.15, 0.2) is 65.8 Å². The molecule has 1 saturated heterocycles. The topological polar surface area (TPSA) is 184 Å². The van der Waals surface area contributed by atoms with Gasteiger partial charge in [0.2, 0.25) is 11.3 Å². The molecule has 0 saturated carbocycles. The first kappa shape index (κ1) is 34.0. The number of rotatable bonds is 8. The number of nitrogens with two attached hydrogens (primary N) is 2. The number of anilines is 2. The van der Waals surface area contributed by atoms with E-state index in [9.17, 15) is 23.6 Å². The Kier molecular flexibility index (Phi) is 9.19. The largest absolute Gasteiger partial charge is 0.383 e. The van der Waals surface area contributed by atoms with Crippen molar-refractivity contribution in [2.45, 2.75) is 52.6 Å². The van der Waals surface area contributed by atoms with Gasteiger partial charge in [0.15, 0.2) is 5.65 Å². The zero-order chi connectivity index (χ0) is 35.9. The predicted molar refractivity (Wildman–Crippen MR) is 188 cm³/mol. The molecule has 1 fully saturated rings. The van der Waals surface area contributed by atoms with Gasteiger partial charge in [-0.2, -0.15) is 5.10 Å². The Bertz CT molecular complexity index is 2170. The first-order valence-electron chi connectivity index (χ1n) is 16.4. The molecule has 0 radical (unpaired) electrons. The van der Waals surface area contributed by atoms with Crippen molar-refractivity contribution >= 4 is 40.3 Å². The lowest BCUT2D eigenvalue weighted by Gasteiger charge is -2.33. The number of hydrogen-bond acceptors (Lipinski definition) is 8. The van der Waals surface area contributed by atoms with Crippen molar-refractivity contribution in [1.29, 1.82) is 0 Å². The first-order valence-corrected chi connectivity index (χ1v) is 16.4. The van der Waals surface area contributed by atoms with Crippen LogP contribution in [0.5, 0.6) is 0 Å². The van der Waals surface area contributed by atoms with Crippen LogP contribution in [-0.4, -0.2) is 60.0 Å². The fraction of sp³-hybridized carbons (Fsp3) is 0.306. The summed E-state index contributed by atoms with van der Waals surface area (Å²) in [5.41, 5.74) is 13.4. The van der Waals surface area contributed by atoms with Crippen molar-refractivity contribution in [3.05, 3.63) is 88.4 Å². The van der Waals surface area contributed by atoms with Crippen LogP contribution in [0.4, 0.5) is 15.9 Å². The van der Waals surface area contributed by atoms with Crippen molar-refractivity contribution in [2.24, 2.45) is 11.7 Å². The average molecular weight is 680 g/mol. The number of likely N-dealkylation sites (tertiary alicyclic amines) is 1. The lowest BCUT2D eigenvalue weighted by atomic mass is 9.99. The van der Waals surface area contributed by atoms with E-state index in [1.54, 1.807) is 38.1 Å². The Hall–Kier alpha value is -5.92.